The van der Waals surface area contributed by atoms with E-state index in [0.29, 0.717) is 60.9 Å². The van der Waals surface area contributed by atoms with Crippen LogP contribution in [0.25, 0.3) is 43.6 Å². The van der Waals surface area contributed by atoms with Gasteiger partial charge in [-0.15, -0.1) is 0 Å². The molecule has 0 saturated heterocycles. The highest BCUT2D eigenvalue weighted by Crippen LogP contribution is 2.25. The number of nitrogens with two attached hydrogens (primary N) is 6. The van der Waals surface area contributed by atoms with Crippen molar-refractivity contribution >= 4 is 109 Å². The van der Waals surface area contributed by atoms with Crippen LogP contribution in [0.4, 0.5) is 0 Å². The number of amides is 9. The lowest BCUT2D eigenvalue weighted by atomic mass is 9.96. The van der Waals surface area contributed by atoms with Gasteiger partial charge in [0.05, 0.1) is 6.04 Å². The lowest BCUT2D eigenvalue weighted by Crippen LogP contribution is -2.61. The monoisotopic (exact) mass is 1440 g/mol. The van der Waals surface area contributed by atoms with Gasteiger partial charge in [0.15, 0.2) is 11.9 Å². The largest absolute Gasteiger partial charge is 0.370 e. The third-order valence-corrected chi connectivity index (χ3v) is 18.9. The van der Waals surface area contributed by atoms with Crippen molar-refractivity contribution in [3.63, 3.8) is 0 Å². The first kappa shape index (κ1) is 79.4. The third-order valence-electron chi connectivity index (χ3n) is 18.9. The van der Waals surface area contributed by atoms with Gasteiger partial charge >= 0.3 is 0 Å². The van der Waals surface area contributed by atoms with Gasteiger partial charge in [-0.05, 0) is 123 Å². The Morgan fingerprint density at radius 1 is 0.381 bits per heavy atom. The summed E-state index contributed by atoms with van der Waals surface area (Å²) in [5.41, 5.74) is 40.7. The third kappa shape index (κ3) is 22.8. The van der Waals surface area contributed by atoms with Gasteiger partial charge in [-0.25, -0.2) is 0 Å². The maximum atomic E-state index is 15.5. The second-order valence-corrected chi connectivity index (χ2v) is 26.6. The number of fused-ring (bicyclic) bond motifs is 4. The van der Waals surface area contributed by atoms with Gasteiger partial charge < -0.3 is 108 Å². The standard InChI is InChI=1S/C74H102N22O9/c1-3-42(2)63(72(105)91-58(29-17-33-84-74(81)82)66(99)92-59(64(78)97)34-43-38-85-52-23-8-4-18-47(43)52)96-71(104)62(37-46-41-88-55-26-11-7-21-50(46)55)94-67(100)56(27-13-15-31-76)90-69(102)60(35-44-39-86-53-24-9-5-19-48(44)53)95-70(103)61(36-45-40-87-54-25-10-6-20-49(45)54)93-68(101)57(28-16-32-83-73(79)80)89-65(98)51(77)22-12-14-30-75/h4-11,18-21,23-26,38-42,51,56-63,85-88H,3,12-17,22,27-37,75-77H2,1-2H3,(H2,78,97)(H,89,98)(H,90,102)(H,91,105)(H,92,99)(H,93,101)(H,94,100)(H,95,103)(H,96,104)(H4,79,80,83)(H4,81,82,84)/t42-,51-,56-,57-,58-,59-,60-,61-,62-,63-/m0/s1. The predicted molar refractivity (Wildman–Crippen MR) is 404 cm³/mol. The second-order valence-electron chi connectivity index (χ2n) is 26.6. The fraction of sp³-hybridized carbons (Fsp3) is 0.419. The number of H-pyrrole nitrogens is 4. The quantitative estimate of drug-likeness (QED) is 0.0146. The molecule has 28 N–H and O–H groups in total. The minimum absolute atomic E-state index is 0.00338. The molecular formula is C74H102N22O9. The molecule has 31 nitrogen and oxygen atoms in total. The number of hydrogen-bond donors (Lipinski definition) is 22. The summed E-state index contributed by atoms with van der Waals surface area (Å²) in [6.45, 7) is 4.49. The number of carbonyl (C=O) groups is 9. The number of aromatic nitrogens is 4. The number of benzene rings is 4. The number of rotatable bonds is 43. The molecule has 0 spiro atoms. The van der Waals surface area contributed by atoms with E-state index in [-0.39, 0.29) is 95.8 Å². The van der Waals surface area contributed by atoms with E-state index < -0.39 is 113 Å². The molecular weight excluding hydrogens is 1340 g/mol. The topological polar surface area (TPSA) is 541 Å². The Morgan fingerprint density at radius 2 is 0.676 bits per heavy atom. The SMILES string of the molecule is CC[C@H](C)[C@H](NC(=O)[C@H](Cc1c[nH]c2ccccc12)NC(=O)[C@H](CCCCN)NC(=O)[C@H](Cc1c[nH]c2ccccc12)NC(=O)[C@H](Cc1c[nH]c2ccccc12)NC(=O)[C@H](CCCNC(=N)N)NC(=O)[C@@H](N)CCCCN)C(=O)N[C@@H](CCCNC(=N)N)C(=O)N[C@@H](Cc1c[nH]c2ccccc12)C(N)=O. The number of hydrogen-bond acceptors (Lipinski definition) is 14. The highest BCUT2D eigenvalue weighted by molar-refractivity contribution is 6.00. The molecule has 31 heteroatoms. The molecule has 0 aliphatic heterocycles. The number of nitrogens with one attached hydrogen (secondary N) is 16. The van der Waals surface area contributed by atoms with Crippen LogP contribution in [-0.4, -0.2) is 166 Å². The fourth-order valence-corrected chi connectivity index (χ4v) is 12.8. The first-order valence-corrected chi connectivity index (χ1v) is 35.8. The van der Waals surface area contributed by atoms with Gasteiger partial charge in [-0.3, -0.25) is 54.0 Å². The first-order chi connectivity index (χ1) is 50.5. The minimum Gasteiger partial charge on any atom is -0.370 e. The summed E-state index contributed by atoms with van der Waals surface area (Å²) < 4.78 is 0. The highest BCUT2D eigenvalue weighted by Gasteiger charge is 2.37. The van der Waals surface area contributed by atoms with E-state index in [9.17, 15) is 24.0 Å². The Balaban J connectivity index is 1.09. The molecule has 0 fully saturated rings. The molecule has 0 aliphatic rings. The van der Waals surface area contributed by atoms with Gasteiger partial charge in [0.25, 0.3) is 0 Å². The Bertz CT molecular complexity index is 4290. The second kappa shape index (κ2) is 39.4. The Kier molecular flexibility index (Phi) is 29.8. The van der Waals surface area contributed by atoms with Crippen LogP contribution < -0.4 is 87.6 Å². The van der Waals surface area contributed by atoms with E-state index in [1.807, 2.05) is 104 Å². The van der Waals surface area contributed by atoms with Crippen LogP contribution in [0.3, 0.4) is 0 Å². The number of primary amides is 1. The first-order valence-electron chi connectivity index (χ1n) is 35.8. The molecule has 0 bridgehead atoms. The molecule has 9 amide bonds. The molecule has 4 aromatic heterocycles. The van der Waals surface area contributed by atoms with E-state index in [1.54, 1.807) is 31.7 Å². The number of guanidine groups is 2. The summed E-state index contributed by atoms with van der Waals surface area (Å²) >= 11 is 0. The van der Waals surface area contributed by atoms with Crippen molar-refractivity contribution in [2.24, 2.45) is 40.3 Å². The molecule has 105 heavy (non-hydrogen) atoms. The van der Waals surface area contributed by atoms with Crippen molar-refractivity contribution in [1.82, 2.24) is 73.1 Å². The van der Waals surface area contributed by atoms with Crippen LogP contribution in [0.1, 0.15) is 107 Å². The van der Waals surface area contributed by atoms with Crippen molar-refractivity contribution in [3.8, 4) is 0 Å². The Morgan fingerprint density at radius 3 is 1.03 bits per heavy atom. The molecule has 10 atom stereocenters. The van der Waals surface area contributed by atoms with Crippen molar-refractivity contribution in [2.45, 2.75) is 165 Å². The average molecular weight is 1440 g/mol. The van der Waals surface area contributed by atoms with Crippen LogP contribution in [0, 0.1) is 16.7 Å². The van der Waals surface area contributed by atoms with Gasteiger partial charge in [0.2, 0.25) is 53.2 Å². The highest BCUT2D eigenvalue weighted by atomic mass is 16.2. The van der Waals surface area contributed by atoms with Gasteiger partial charge in [0.1, 0.15) is 48.3 Å². The fourth-order valence-electron chi connectivity index (χ4n) is 12.8. The summed E-state index contributed by atoms with van der Waals surface area (Å²) in [4.78, 5) is 145. The minimum atomic E-state index is -1.46. The van der Waals surface area contributed by atoms with Crippen molar-refractivity contribution in [1.29, 1.82) is 10.8 Å². The molecule has 0 aliphatic carbocycles. The van der Waals surface area contributed by atoms with Crippen LogP contribution in [0.15, 0.2) is 122 Å². The van der Waals surface area contributed by atoms with Gasteiger partial charge in [0, 0.05) is 107 Å². The number of para-hydroxylation sites is 4. The van der Waals surface area contributed by atoms with Crippen LogP contribution >= 0.6 is 0 Å². The zero-order valence-electron chi connectivity index (χ0n) is 59.4. The average Bonchev–Trinajstić information content (AvgIpc) is 1.81. The predicted octanol–water partition coefficient (Wildman–Crippen LogP) is 1.40. The van der Waals surface area contributed by atoms with E-state index in [0.717, 1.165) is 43.6 Å². The lowest BCUT2D eigenvalue weighted by molar-refractivity contribution is -0.136. The zero-order chi connectivity index (χ0) is 75.5. The van der Waals surface area contributed by atoms with Crippen molar-refractivity contribution < 1.29 is 43.2 Å². The van der Waals surface area contributed by atoms with Crippen LogP contribution in [0.5, 0.6) is 0 Å². The van der Waals surface area contributed by atoms with Crippen LogP contribution in [-0.2, 0) is 68.8 Å². The van der Waals surface area contributed by atoms with Gasteiger partial charge in [-0.1, -0.05) is 99.5 Å². The van der Waals surface area contributed by atoms with E-state index in [4.69, 9.17) is 45.2 Å². The normalized spacial score (nSPS) is 14.3. The van der Waals surface area contributed by atoms with Crippen molar-refractivity contribution in [2.75, 3.05) is 26.2 Å². The summed E-state index contributed by atoms with van der Waals surface area (Å²) in [6.07, 6.45) is 9.50. The molecule has 562 valence electrons. The molecule has 0 saturated carbocycles. The van der Waals surface area contributed by atoms with Crippen molar-refractivity contribution in [3.05, 3.63) is 144 Å². The maximum absolute atomic E-state index is 15.5. The molecule has 4 aromatic carbocycles. The van der Waals surface area contributed by atoms with Gasteiger partial charge in [-0.2, -0.15) is 0 Å². The summed E-state index contributed by atoms with van der Waals surface area (Å²) in [5, 5.41) is 46.7. The number of aromatic amines is 4. The zero-order valence-corrected chi connectivity index (χ0v) is 59.4. The Labute approximate surface area is 608 Å². The van der Waals surface area contributed by atoms with E-state index in [1.165, 1.54) is 0 Å². The summed E-state index contributed by atoms with van der Waals surface area (Å²) in [6, 6.07) is 17.7. The lowest BCUT2D eigenvalue weighted by Gasteiger charge is -2.30. The smallest absolute Gasteiger partial charge is 0.243 e. The maximum Gasteiger partial charge on any atom is 0.243 e. The van der Waals surface area contributed by atoms with E-state index in [2.05, 4.69) is 73.1 Å². The molecule has 8 aromatic rings. The Hall–Kier alpha value is -11.3. The molecule has 4 heterocycles. The molecule has 8 rings (SSSR count). The number of unbranched alkanes of at least 4 members (excludes halogenated alkanes) is 2. The van der Waals surface area contributed by atoms with Crippen LogP contribution in [0.2, 0.25) is 0 Å². The summed E-state index contributed by atoms with van der Waals surface area (Å²) in [7, 11) is 0. The van der Waals surface area contributed by atoms with E-state index >= 15 is 19.2 Å². The number of carbonyl (C=O) groups excluding carboxylic acids is 9. The molecule has 0 unspecified atom stereocenters. The molecule has 0 radical (unpaired) electrons. The summed E-state index contributed by atoms with van der Waals surface area (Å²) in [5.74, 6) is -8.10.